The molecule has 7 nitrogen and oxygen atoms in total. The van der Waals surface area contributed by atoms with E-state index >= 15 is 0 Å². The van der Waals surface area contributed by atoms with E-state index in [1.807, 2.05) is 36.4 Å². The lowest BCUT2D eigenvalue weighted by atomic mass is 10.2. The van der Waals surface area contributed by atoms with Crippen LogP contribution in [0.15, 0.2) is 36.0 Å². The highest BCUT2D eigenvalue weighted by Gasteiger charge is 2.36. The highest BCUT2D eigenvalue weighted by atomic mass is 35.5. The molecule has 1 unspecified atom stereocenters. The molecule has 3 heterocycles. The zero-order chi connectivity index (χ0) is 19.1. The number of amides is 1. The van der Waals surface area contributed by atoms with Gasteiger partial charge in [0, 0.05) is 23.0 Å². The Balaban J connectivity index is 1.46. The van der Waals surface area contributed by atoms with E-state index in [4.69, 9.17) is 11.6 Å². The van der Waals surface area contributed by atoms with E-state index in [0.717, 1.165) is 11.3 Å². The van der Waals surface area contributed by atoms with E-state index in [1.165, 1.54) is 17.7 Å². The van der Waals surface area contributed by atoms with Crippen LogP contribution in [-0.2, 0) is 11.3 Å². The molecule has 1 aromatic carbocycles. The van der Waals surface area contributed by atoms with Gasteiger partial charge in [0.2, 0.25) is 11.7 Å². The summed E-state index contributed by atoms with van der Waals surface area (Å²) in [5.41, 5.74) is 2.16. The maximum absolute atomic E-state index is 12.4. The minimum Gasteiger partial charge on any atom is -0.348 e. The number of nitrogens with one attached hydrogen (secondary N) is 1. The van der Waals surface area contributed by atoms with Gasteiger partial charge in [-0.2, -0.15) is 0 Å². The lowest BCUT2D eigenvalue weighted by molar-refractivity contribution is -0.116. The van der Waals surface area contributed by atoms with Crippen molar-refractivity contribution in [1.82, 2.24) is 14.5 Å². The lowest BCUT2D eigenvalue weighted by Crippen LogP contribution is -2.29. The van der Waals surface area contributed by atoms with Crippen molar-refractivity contribution in [3.8, 4) is 11.3 Å². The van der Waals surface area contributed by atoms with E-state index < -0.39 is 0 Å². The summed E-state index contributed by atoms with van der Waals surface area (Å²) in [6.07, 6.45) is 1.52. The van der Waals surface area contributed by atoms with E-state index in [9.17, 15) is 9.59 Å². The topological polar surface area (TPSA) is 80.1 Å². The first-order valence-corrected chi connectivity index (χ1v) is 9.53. The van der Waals surface area contributed by atoms with Crippen LogP contribution < -0.4 is 10.2 Å². The van der Waals surface area contributed by atoms with Gasteiger partial charge in [0.25, 0.3) is 0 Å². The number of benzene rings is 1. The molecule has 0 spiro atoms. The minimum atomic E-state index is -0.265. The highest BCUT2D eigenvalue weighted by molar-refractivity contribution is 7.14. The number of fused-ring (bicyclic) bond motifs is 1. The van der Waals surface area contributed by atoms with Gasteiger partial charge in [0.1, 0.15) is 12.2 Å². The molecule has 3 aromatic rings. The number of halogens is 1. The maximum Gasteiger partial charge on any atom is 0.246 e. The van der Waals surface area contributed by atoms with Gasteiger partial charge in [-0.15, -0.1) is 11.3 Å². The summed E-state index contributed by atoms with van der Waals surface area (Å²) in [6.45, 7) is 1.83. The van der Waals surface area contributed by atoms with Crippen LogP contribution >= 0.6 is 22.9 Å². The summed E-state index contributed by atoms with van der Waals surface area (Å²) >= 11 is 7.24. The second-order valence-corrected chi connectivity index (χ2v) is 7.58. The monoisotopic (exact) mass is 401 g/mol. The number of hydrogen-bond acceptors (Lipinski definition) is 6. The summed E-state index contributed by atoms with van der Waals surface area (Å²) in [7, 11) is 1.82. The summed E-state index contributed by atoms with van der Waals surface area (Å²) in [4.78, 5) is 35.3. The Morgan fingerprint density at radius 1 is 1.33 bits per heavy atom. The molecule has 0 radical (unpaired) electrons. The van der Waals surface area contributed by atoms with Gasteiger partial charge in [-0.25, -0.2) is 9.97 Å². The van der Waals surface area contributed by atoms with Gasteiger partial charge in [-0.1, -0.05) is 23.7 Å². The van der Waals surface area contributed by atoms with Crippen LogP contribution in [0.5, 0.6) is 0 Å². The molecule has 4 rings (SSSR count). The van der Waals surface area contributed by atoms with Crippen molar-refractivity contribution in [3.05, 3.63) is 46.7 Å². The summed E-state index contributed by atoms with van der Waals surface area (Å²) < 4.78 is 1.58. The van der Waals surface area contributed by atoms with E-state index in [0.29, 0.717) is 21.7 Å². The van der Waals surface area contributed by atoms with Crippen LogP contribution in [0, 0.1) is 0 Å². The number of ketones is 1. The third-order valence-corrected chi connectivity index (χ3v) is 5.56. The first-order chi connectivity index (χ1) is 12.9. The van der Waals surface area contributed by atoms with Crippen molar-refractivity contribution in [2.45, 2.75) is 19.5 Å². The normalized spacial score (nSPS) is 15.9. The van der Waals surface area contributed by atoms with E-state index in [-0.39, 0.29) is 24.3 Å². The quantitative estimate of drug-likeness (QED) is 0.725. The van der Waals surface area contributed by atoms with Gasteiger partial charge < -0.3 is 14.8 Å². The van der Waals surface area contributed by atoms with Gasteiger partial charge in [0.05, 0.1) is 18.1 Å². The molecule has 1 amide bonds. The predicted molar refractivity (Wildman–Crippen MR) is 106 cm³/mol. The Kier molecular flexibility index (Phi) is 4.45. The van der Waals surface area contributed by atoms with Crippen molar-refractivity contribution in [3.63, 3.8) is 0 Å². The van der Waals surface area contributed by atoms with Gasteiger partial charge in [-0.3, -0.25) is 9.59 Å². The number of Topliss-reactive ketones (excluding diaryl/α,β-unsaturated/α-hetero) is 1. The van der Waals surface area contributed by atoms with Gasteiger partial charge in [-0.05, 0) is 19.1 Å². The second-order valence-electron chi connectivity index (χ2n) is 6.29. The van der Waals surface area contributed by atoms with E-state index in [2.05, 4.69) is 15.3 Å². The van der Waals surface area contributed by atoms with Crippen molar-refractivity contribution >= 4 is 45.6 Å². The summed E-state index contributed by atoms with van der Waals surface area (Å²) in [5.74, 6) is 0.318. The number of carbonyl (C=O) groups is 2. The molecule has 0 bridgehead atoms. The van der Waals surface area contributed by atoms with Crippen LogP contribution in [-0.4, -0.2) is 39.3 Å². The molecule has 0 saturated carbocycles. The third kappa shape index (κ3) is 3.22. The fourth-order valence-corrected chi connectivity index (χ4v) is 3.82. The summed E-state index contributed by atoms with van der Waals surface area (Å²) in [5, 5.41) is 5.80. The van der Waals surface area contributed by atoms with Gasteiger partial charge >= 0.3 is 0 Å². The first-order valence-electron chi connectivity index (χ1n) is 8.27. The van der Waals surface area contributed by atoms with Crippen molar-refractivity contribution in [2.24, 2.45) is 0 Å². The SMILES string of the molecule is CC1C(=O)c2c(ncn2CC(=O)Nc2nc(-c3ccc(Cl)cc3)cs2)N1C. The van der Waals surface area contributed by atoms with Crippen molar-refractivity contribution < 1.29 is 9.59 Å². The first kappa shape index (κ1) is 17.7. The Hall–Kier alpha value is -2.71. The number of hydrogen-bond donors (Lipinski definition) is 1. The van der Waals surface area contributed by atoms with E-state index in [1.54, 1.807) is 16.7 Å². The molecule has 27 heavy (non-hydrogen) atoms. The molecule has 1 atom stereocenters. The molecule has 9 heteroatoms. The van der Waals surface area contributed by atoms with Crippen LogP contribution in [0.1, 0.15) is 17.4 Å². The maximum atomic E-state index is 12.4. The average molecular weight is 402 g/mol. The number of thiazole rings is 1. The average Bonchev–Trinajstić information content (AvgIpc) is 3.32. The third-order valence-electron chi connectivity index (χ3n) is 4.55. The Morgan fingerprint density at radius 2 is 2.07 bits per heavy atom. The Morgan fingerprint density at radius 3 is 2.81 bits per heavy atom. The molecule has 1 aliphatic heterocycles. The molecule has 0 fully saturated rings. The molecule has 1 aliphatic rings. The number of nitrogens with zero attached hydrogens (tertiary/aromatic N) is 4. The standard InChI is InChI=1S/C18H16ClN5O2S/c1-10-16(26)15-17(23(10)2)20-9-24(15)7-14(25)22-18-21-13(8-27-18)11-3-5-12(19)6-4-11/h3-6,8-10H,7H2,1-2H3,(H,21,22,25). The molecule has 138 valence electrons. The minimum absolute atomic E-state index is 0.00446. The predicted octanol–water partition coefficient (Wildman–Crippen LogP) is 3.32. The Labute approximate surface area is 164 Å². The van der Waals surface area contributed by atoms with Crippen LogP contribution in [0.2, 0.25) is 5.02 Å². The van der Waals surface area contributed by atoms with Crippen molar-refractivity contribution in [2.75, 3.05) is 17.3 Å². The van der Waals surface area contributed by atoms with Crippen LogP contribution in [0.4, 0.5) is 10.9 Å². The second kappa shape index (κ2) is 6.79. The molecular weight excluding hydrogens is 386 g/mol. The lowest BCUT2D eigenvalue weighted by Gasteiger charge is -2.14. The Bertz CT molecular complexity index is 1030. The smallest absolute Gasteiger partial charge is 0.246 e. The largest absolute Gasteiger partial charge is 0.348 e. The number of aromatic nitrogens is 3. The molecular formula is C18H16ClN5O2S. The molecule has 0 aliphatic carbocycles. The van der Waals surface area contributed by atoms with Gasteiger partial charge in [0.15, 0.2) is 10.9 Å². The van der Waals surface area contributed by atoms with Crippen molar-refractivity contribution in [1.29, 1.82) is 0 Å². The molecule has 2 aromatic heterocycles. The molecule has 1 N–H and O–H groups in total. The number of imidazole rings is 1. The number of likely N-dealkylation sites (N-methyl/N-ethyl adjacent to an activating group) is 1. The fourth-order valence-electron chi connectivity index (χ4n) is 2.96. The molecule has 0 saturated heterocycles. The summed E-state index contributed by atoms with van der Waals surface area (Å²) in [6, 6.07) is 7.08. The number of carbonyl (C=O) groups excluding carboxylic acids is 2. The zero-order valence-electron chi connectivity index (χ0n) is 14.6. The number of rotatable bonds is 4. The van der Waals surface area contributed by atoms with Crippen LogP contribution in [0.25, 0.3) is 11.3 Å². The highest BCUT2D eigenvalue weighted by Crippen LogP contribution is 2.29. The number of anilines is 2. The van der Waals surface area contributed by atoms with Crippen LogP contribution in [0.3, 0.4) is 0 Å². The fraction of sp³-hybridized carbons (Fsp3) is 0.222. The zero-order valence-corrected chi connectivity index (χ0v) is 16.2.